The van der Waals surface area contributed by atoms with Crippen LogP contribution in [0.5, 0.6) is 11.5 Å². The normalized spacial score (nSPS) is 22.4. The molecule has 20 heavy (non-hydrogen) atoms. The molecule has 2 unspecified atom stereocenters. The highest BCUT2D eigenvalue weighted by molar-refractivity contribution is 5.75. The molecular weight excluding hydrogens is 256 g/mol. The number of hydrogen-bond acceptors (Lipinski definition) is 3. The van der Waals surface area contributed by atoms with Gasteiger partial charge in [0, 0.05) is 0 Å². The predicted molar refractivity (Wildman–Crippen MR) is 76.2 cm³/mol. The number of ether oxygens (including phenoxy) is 1. The summed E-state index contributed by atoms with van der Waals surface area (Å²) in [5, 5.41) is 18.9. The lowest BCUT2D eigenvalue weighted by Gasteiger charge is -2.19. The van der Waals surface area contributed by atoms with Crippen LogP contribution in [0.25, 0.3) is 0 Å². The summed E-state index contributed by atoms with van der Waals surface area (Å²) in [6.45, 7) is 6.04. The molecule has 0 radical (unpaired) electrons. The smallest absolute Gasteiger partial charge is 0.310 e. The Morgan fingerprint density at radius 3 is 2.70 bits per heavy atom. The third-order valence-electron chi connectivity index (χ3n) is 4.07. The second-order valence-corrected chi connectivity index (χ2v) is 6.43. The van der Waals surface area contributed by atoms with Crippen molar-refractivity contribution < 1.29 is 19.7 Å². The van der Waals surface area contributed by atoms with E-state index in [1.165, 1.54) is 6.07 Å². The molecule has 0 saturated heterocycles. The third-order valence-corrected chi connectivity index (χ3v) is 4.07. The summed E-state index contributed by atoms with van der Waals surface area (Å²) in [7, 11) is 0. The van der Waals surface area contributed by atoms with Gasteiger partial charge in [0.1, 0.15) is 0 Å². The molecule has 0 bridgehead atoms. The van der Waals surface area contributed by atoms with Gasteiger partial charge in [-0.2, -0.15) is 0 Å². The Labute approximate surface area is 119 Å². The molecular formula is C16H22O4. The second-order valence-electron chi connectivity index (χ2n) is 6.43. The van der Waals surface area contributed by atoms with Crippen molar-refractivity contribution in [2.75, 3.05) is 0 Å². The molecule has 1 saturated carbocycles. The molecule has 110 valence electrons. The molecule has 0 aliphatic heterocycles. The maximum atomic E-state index is 11.0. The number of phenols is 1. The number of phenolic OH excluding ortho intramolecular Hbond substituents is 1. The molecule has 0 heterocycles. The number of benzene rings is 1. The van der Waals surface area contributed by atoms with E-state index < -0.39 is 11.9 Å². The van der Waals surface area contributed by atoms with Gasteiger partial charge in [0.25, 0.3) is 0 Å². The van der Waals surface area contributed by atoms with Crippen molar-refractivity contribution in [3.8, 4) is 11.5 Å². The van der Waals surface area contributed by atoms with Crippen LogP contribution in [0.15, 0.2) is 18.2 Å². The maximum absolute atomic E-state index is 11.0. The second kappa shape index (κ2) is 5.35. The first-order valence-electron chi connectivity index (χ1n) is 7.01. The van der Waals surface area contributed by atoms with Crippen molar-refractivity contribution >= 4 is 5.97 Å². The average molecular weight is 278 g/mol. The largest absolute Gasteiger partial charge is 0.504 e. The van der Waals surface area contributed by atoms with Crippen LogP contribution >= 0.6 is 0 Å². The summed E-state index contributed by atoms with van der Waals surface area (Å²) in [5.74, 6) is -1.05. The van der Waals surface area contributed by atoms with Crippen LogP contribution in [0.4, 0.5) is 0 Å². The number of aliphatic carboxylic acids is 1. The summed E-state index contributed by atoms with van der Waals surface area (Å²) in [4.78, 5) is 11.0. The van der Waals surface area contributed by atoms with Gasteiger partial charge in [-0.25, -0.2) is 0 Å². The van der Waals surface area contributed by atoms with Crippen LogP contribution in [-0.2, 0) is 4.79 Å². The monoisotopic (exact) mass is 278 g/mol. The van der Waals surface area contributed by atoms with E-state index in [4.69, 9.17) is 9.84 Å². The fourth-order valence-corrected chi connectivity index (χ4v) is 2.69. The molecule has 4 nitrogen and oxygen atoms in total. The van der Waals surface area contributed by atoms with Crippen molar-refractivity contribution in [2.45, 2.75) is 52.1 Å². The van der Waals surface area contributed by atoms with Gasteiger partial charge in [-0.3, -0.25) is 4.79 Å². The first-order chi connectivity index (χ1) is 9.28. The molecule has 2 N–H and O–H groups in total. The molecule has 1 aromatic rings. The van der Waals surface area contributed by atoms with Gasteiger partial charge in [0.2, 0.25) is 0 Å². The summed E-state index contributed by atoms with van der Waals surface area (Å²) >= 11 is 0. The summed E-state index contributed by atoms with van der Waals surface area (Å²) in [6, 6.07) is 4.77. The Bertz CT molecular complexity index is 507. The van der Waals surface area contributed by atoms with E-state index in [1.54, 1.807) is 19.1 Å². The molecule has 1 fully saturated rings. The SMILES string of the molecule is CC(C(=O)O)c1ccc(O)c(OC2CCC(C)(C)C2)c1. The summed E-state index contributed by atoms with van der Waals surface area (Å²) in [6.07, 6.45) is 3.10. The Morgan fingerprint density at radius 1 is 1.45 bits per heavy atom. The Balaban J connectivity index is 2.15. The van der Waals surface area contributed by atoms with Crippen LogP contribution in [0.1, 0.15) is 51.5 Å². The quantitative estimate of drug-likeness (QED) is 0.884. The number of rotatable bonds is 4. The highest BCUT2D eigenvalue weighted by atomic mass is 16.5. The van der Waals surface area contributed by atoms with Crippen LogP contribution in [-0.4, -0.2) is 22.3 Å². The zero-order valence-electron chi connectivity index (χ0n) is 12.2. The Morgan fingerprint density at radius 2 is 2.15 bits per heavy atom. The highest BCUT2D eigenvalue weighted by Crippen LogP contribution is 2.40. The van der Waals surface area contributed by atoms with E-state index in [0.29, 0.717) is 11.3 Å². The number of carbonyl (C=O) groups is 1. The first kappa shape index (κ1) is 14.7. The number of hydrogen-bond donors (Lipinski definition) is 2. The van der Waals surface area contributed by atoms with Gasteiger partial charge in [-0.05, 0) is 49.3 Å². The van der Waals surface area contributed by atoms with Crippen LogP contribution in [0.2, 0.25) is 0 Å². The molecule has 2 atom stereocenters. The summed E-state index contributed by atoms with van der Waals surface area (Å²) < 4.78 is 5.87. The number of carboxylic acids is 1. The van der Waals surface area contributed by atoms with Crippen LogP contribution < -0.4 is 4.74 Å². The van der Waals surface area contributed by atoms with E-state index in [0.717, 1.165) is 19.3 Å². The van der Waals surface area contributed by atoms with Crippen molar-refractivity contribution in [1.29, 1.82) is 0 Å². The van der Waals surface area contributed by atoms with Gasteiger partial charge >= 0.3 is 5.97 Å². The molecule has 2 rings (SSSR count). The highest BCUT2D eigenvalue weighted by Gasteiger charge is 2.32. The standard InChI is InChI=1S/C16H22O4/c1-10(15(18)19)11-4-5-13(17)14(8-11)20-12-6-7-16(2,3)9-12/h4-5,8,10,12,17H,6-7,9H2,1-3H3,(H,18,19). The topological polar surface area (TPSA) is 66.8 Å². The fourth-order valence-electron chi connectivity index (χ4n) is 2.69. The first-order valence-corrected chi connectivity index (χ1v) is 7.01. The molecule has 1 aliphatic rings. The minimum absolute atomic E-state index is 0.0658. The van der Waals surface area contributed by atoms with Crippen molar-refractivity contribution in [2.24, 2.45) is 5.41 Å². The Kier molecular flexibility index (Phi) is 3.93. The van der Waals surface area contributed by atoms with Gasteiger partial charge < -0.3 is 14.9 Å². The van der Waals surface area contributed by atoms with E-state index in [-0.39, 0.29) is 17.3 Å². The van der Waals surface area contributed by atoms with Gasteiger partial charge in [0.05, 0.1) is 12.0 Å². The van der Waals surface area contributed by atoms with Gasteiger partial charge in [0.15, 0.2) is 11.5 Å². The van der Waals surface area contributed by atoms with E-state index in [9.17, 15) is 9.90 Å². The van der Waals surface area contributed by atoms with Crippen molar-refractivity contribution in [3.63, 3.8) is 0 Å². The minimum Gasteiger partial charge on any atom is -0.504 e. The maximum Gasteiger partial charge on any atom is 0.310 e. The van der Waals surface area contributed by atoms with Crippen LogP contribution in [0, 0.1) is 5.41 Å². The molecule has 4 heteroatoms. The minimum atomic E-state index is -0.886. The lowest BCUT2D eigenvalue weighted by molar-refractivity contribution is -0.138. The zero-order valence-corrected chi connectivity index (χ0v) is 12.2. The average Bonchev–Trinajstić information content (AvgIpc) is 2.70. The molecule has 1 aromatic carbocycles. The van der Waals surface area contributed by atoms with Gasteiger partial charge in [-0.1, -0.05) is 19.9 Å². The predicted octanol–water partition coefficient (Wildman–Crippen LogP) is 3.54. The lowest BCUT2D eigenvalue weighted by Crippen LogP contribution is -2.15. The van der Waals surface area contributed by atoms with Crippen LogP contribution in [0.3, 0.4) is 0 Å². The molecule has 0 aromatic heterocycles. The van der Waals surface area contributed by atoms with Crippen molar-refractivity contribution in [1.82, 2.24) is 0 Å². The number of aromatic hydroxyl groups is 1. The molecule has 0 amide bonds. The fraction of sp³-hybridized carbons (Fsp3) is 0.562. The van der Waals surface area contributed by atoms with E-state index in [2.05, 4.69) is 13.8 Å². The molecule has 1 aliphatic carbocycles. The van der Waals surface area contributed by atoms with Crippen molar-refractivity contribution in [3.05, 3.63) is 23.8 Å². The third kappa shape index (κ3) is 3.24. The molecule has 0 spiro atoms. The Hall–Kier alpha value is -1.71. The number of carboxylic acid groups (broad SMARTS) is 1. The summed E-state index contributed by atoms with van der Waals surface area (Å²) in [5.41, 5.74) is 0.911. The van der Waals surface area contributed by atoms with Gasteiger partial charge in [-0.15, -0.1) is 0 Å². The zero-order chi connectivity index (χ0) is 14.9. The lowest BCUT2D eigenvalue weighted by atomic mass is 9.92. The van der Waals surface area contributed by atoms with E-state index in [1.807, 2.05) is 0 Å². The van der Waals surface area contributed by atoms with E-state index >= 15 is 0 Å².